The molecule has 1 unspecified atom stereocenters. The molecule has 0 aliphatic carbocycles. The number of halogens is 1. The van der Waals surface area contributed by atoms with Gasteiger partial charge < -0.3 is 0 Å². The van der Waals surface area contributed by atoms with Crippen LogP contribution in [0.4, 0.5) is 10.1 Å². The summed E-state index contributed by atoms with van der Waals surface area (Å²) in [5.74, 6) is -4.69. The van der Waals surface area contributed by atoms with Gasteiger partial charge in [-0.2, -0.15) is 4.39 Å². The maximum Gasteiger partial charge on any atom is 0.318 e. The van der Waals surface area contributed by atoms with E-state index in [0.717, 1.165) is 12.1 Å². The molecule has 0 bridgehead atoms. The van der Waals surface area contributed by atoms with Gasteiger partial charge in [0.25, 0.3) is 11.8 Å². The van der Waals surface area contributed by atoms with Gasteiger partial charge in [-0.1, -0.05) is 0 Å². The van der Waals surface area contributed by atoms with E-state index < -0.39 is 51.7 Å². The van der Waals surface area contributed by atoms with Crippen molar-refractivity contribution in [1.29, 1.82) is 0 Å². The number of carbonyl (C=O) groups excluding carboxylic acids is 4. The number of amides is 4. The Morgan fingerprint density at radius 2 is 1.91 bits per heavy atom. The van der Waals surface area contributed by atoms with E-state index >= 15 is 0 Å². The molecule has 0 radical (unpaired) electrons. The summed E-state index contributed by atoms with van der Waals surface area (Å²) < 4.78 is 13.6. The van der Waals surface area contributed by atoms with Crippen molar-refractivity contribution in [3.05, 3.63) is 39.2 Å². The normalized spacial score (nSPS) is 20.6. The molecule has 1 aromatic carbocycles. The fourth-order valence-corrected chi connectivity index (χ4v) is 2.69. The van der Waals surface area contributed by atoms with Crippen molar-refractivity contribution in [2.24, 2.45) is 0 Å². The molecule has 1 saturated heterocycles. The molecule has 1 fully saturated rings. The van der Waals surface area contributed by atoms with Gasteiger partial charge in [0.1, 0.15) is 11.6 Å². The van der Waals surface area contributed by atoms with Crippen molar-refractivity contribution in [1.82, 2.24) is 10.2 Å². The van der Waals surface area contributed by atoms with Crippen molar-refractivity contribution >= 4 is 29.3 Å². The number of carbonyl (C=O) groups is 4. The van der Waals surface area contributed by atoms with E-state index in [9.17, 15) is 33.7 Å². The first kappa shape index (κ1) is 14.8. The van der Waals surface area contributed by atoms with Gasteiger partial charge in [0.15, 0.2) is 0 Å². The minimum Gasteiger partial charge on any atom is -0.295 e. The molecule has 2 heterocycles. The van der Waals surface area contributed by atoms with E-state index in [1.165, 1.54) is 0 Å². The minimum atomic E-state index is -1.26. The Hall–Kier alpha value is -3.17. The third-order valence-electron chi connectivity index (χ3n) is 3.71. The smallest absolute Gasteiger partial charge is 0.295 e. The monoisotopic (exact) mass is 321 g/mol. The van der Waals surface area contributed by atoms with Crippen molar-refractivity contribution in [3.63, 3.8) is 0 Å². The van der Waals surface area contributed by atoms with Gasteiger partial charge in [-0.15, -0.1) is 0 Å². The molecule has 2 aliphatic rings. The highest BCUT2D eigenvalue weighted by Crippen LogP contribution is 2.34. The van der Waals surface area contributed by atoms with Crippen LogP contribution in [0.2, 0.25) is 0 Å². The molecule has 4 amide bonds. The highest BCUT2D eigenvalue weighted by molar-refractivity contribution is 6.25. The average Bonchev–Trinajstić information content (AvgIpc) is 2.71. The van der Waals surface area contributed by atoms with Crippen molar-refractivity contribution in [2.45, 2.75) is 18.9 Å². The number of piperidine rings is 1. The lowest BCUT2D eigenvalue weighted by atomic mass is 10.0. The lowest BCUT2D eigenvalue weighted by Gasteiger charge is -2.27. The number of imide groups is 2. The van der Waals surface area contributed by atoms with Crippen molar-refractivity contribution in [2.75, 3.05) is 0 Å². The summed E-state index contributed by atoms with van der Waals surface area (Å²) in [7, 11) is 0. The van der Waals surface area contributed by atoms with Crippen LogP contribution in [-0.2, 0) is 9.59 Å². The number of nitrogens with one attached hydrogen (secondary N) is 1. The van der Waals surface area contributed by atoms with Gasteiger partial charge in [-0.3, -0.25) is 39.5 Å². The first-order chi connectivity index (χ1) is 10.8. The fourth-order valence-electron chi connectivity index (χ4n) is 2.69. The third-order valence-corrected chi connectivity index (χ3v) is 3.71. The third kappa shape index (κ3) is 2.06. The van der Waals surface area contributed by atoms with Crippen LogP contribution in [-0.4, -0.2) is 39.5 Å². The van der Waals surface area contributed by atoms with E-state index in [1.54, 1.807) is 0 Å². The van der Waals surface area contributed by atoms with Crippen LogP contribution in [0, 0.1) is 15.9 Å². The van der Waals surface area contributed by atoms with Crippen molar-refractivity contribution < 1.29 is 28.5 Å². The number of hydrogen-bond donors (Lipinski definition) is 1. The highest BCUT2D eigenvalue weighted by atomic mass is 19.1. The van der Waals surface area contributed by atoms with E-state index in [4.69, 9.17) is 0 Å². The number of hydrogen-bond acceptors (Lipinski definition) is 6. The molecule has 118 valence electrons. The van der Waals surface area contributed by atoms with Gasteiger partial charge >= 0.3 is 5.69 Å². The SMILES string of the molecule is O=C1CCC(N2C(=O)c3ccc(F)c([N+](=O)[O-])c3C2=O)C(=O)N1. The van der Waals surface area contributed by atoms with Crippen LogP contribution < -0.4 is 5.32 Å². The predicted molar refractivity (Wildman–Crippen MR) is 69.7 cm³/mol. The van der Waals surface area contributed by atoms with Crippen LogP contribution in [0.25, 0.3) is 0 Å². The summed E-state index contributed by atoms with van der Waals surface area (Å²) in [6, 6.07) is 0.419. The summed E-state index contributed by atoms with van der Waals surface area (Å²) in [6.07, 6.45) is -0.174. The van der Waals surface area contributed by atoms with Crippen LogP contribution >= 0.6 is 0 Å². The topological polar surface area (TPSA) is 127 Å². The molecule has 3 rings (SSSR count). The maximum absolute atomic E-state index is 13.6. The summed E-state index contributed by atoms with van der Waals surface area (Å²) >= 11 is 0. The van der Waals surface area contributed by atoms with Gasteiger partial charge in [0.2, 0.25) is 17.6 Å². The van der Waals surface area contributed by atoms with Gasteiger partial charge in [-0.25, -0.2) is 0 Å². The number of benzene rings is 1. The Kier molecular flexibility index (Phi) is 3.17. The van der Waals surface area contributed by atoms with Gasteiger partial charge in [-0.05, 0) is 18.6 Å². The summed E-state index contributed by atoms with van der Waals surface area (Å²) in [6.45, 7) is 0. The largest absolute Gasteiger partial charge is 0.318 e. The molecule has 1 N–H and O–H groups in total. The molecule has 0 saturated carbocycles. The molecule has 10 heteroatoms. The first-order valence-corrected chi connectivity index (χ1v) is 6.51. The molecule has 2 aliphatic heterocycles. The molecule has 0 aromatic heterocycles. The quantitative estimate of drug-likeness (QED) is 0.469. The van der Waals surface area contributed by atoms with Crippen molar-refractivity contribution in [3.8, 4) is 0 Å². The first-order valence-electron chi connectivity index (χ1n) is 6.51. The Morgan fingerprint density at radius 3 is 2.52 bits per heavy atom. The summed E-state index contributed by atoms with van der Waals surface area (Å²) in [4.78, 5) is 58.1. The number of rotatable bonds is 2. The fraction of sp³-hybridized carbons (Fsp3) is 0.231. The second-order valence-corrected chi connectivity index (χ2v) is 5.02. The zero-order chi connectivity index (χ0) is 16.9. The summed E-state index contributed by atoms with van der Waals surface area (Å²) in [5.41, 5.74) is -2.12. The number of nitro groups is 1. The maximum atomic E-state index is 13.6. The van der Waals surface area contributed by atoms with Gasteiger partial charge in [0.05, 0.1) is 10.5 Å². The van der Waals surface area contributed by atoms with Crippen LogP contribution in [0.5, 0.6) is 0 Å². The predicted octanol–water partition coefficient (Wildman–Crippen LogP) is 0.135. The Balaban J connectivity index is 2.08. The van der Waals surface area contributed by atoms with E-state index in [1.807, 2.05) is 5.32 Å². The molecule has 9 nitrogen and oxygen atoms in total. The van der Waals surface area contributed by atoms with E-state index in [0.29, 0.717) is 4.90 Å². The van der Waals surface area contributed by atoms with Crippen LogP contribution in [0.3, 0.4) is 0 Å². The Bertz CT molecular complexity index is 805. The second kappa shape index (κ2) is 4.93. The zero-order valence-electron chi connectivity index (χ0n) is 11.4. The van der Waals surface area contributed by atoms with E-state index in [-0.39, 0.29) is 18.4 Å². The highest BCUT2D eigenvalue weighted by Gasteiger charge is 2.48. The number of fused-ring (bicyclic) bond motifs is 1. The second-order valence-electron chi connectivity index (χ2n) is 5.02. The Labute approximate surface area is 127 Å². The molecular formula is C13H8FN3O6. The van der Waals surface area contributed by atoms with E-state index in [2.05, 4.69) is 0 Å². The zero-order valence-corrected chi connectivity index (χ0v) is 11.4. The number of nitrogens with zero attached hydrogens (tertiary/aromatic N) is 2. The Morgan fingerprint density at radius 1 is 1.22 bits per heavy atom. The van der Waals surface area contributed by atoms with Gasteiger partial charge in [0, 0.05) is 6.42 Å². The minimum absolute atomic E-state index is 0.0831. The molecule has 0 spiro atoms. The lowest BCUT2D eigenvalue weighted by molar-refractivity contribution is -0.387. The lowest BCUT2D eigenvalue weighted by Crippen LogP contribution is -2.54. The molecule has 1 aromatic rings. The standard InChI is InChI=1S/C13H8FN3O6/c14-6-2-1-5-9(10(6)17(22)23)13(21)16(12(5)20)7-3-4-8(18)15-11(7)19/h1-2,7H,3-4H2,(H,15,18,19). The molecule has 1 atom stereocenters. The van der Waals surface area contributed by atoms with Crippen LogP contribution in [0.15, 0.2) is 12.1 Å². The summed E-state index contributed by atoms with van der Waals surface area (Å²) in [5, 5.41) is 13.0. The molecular weight excluding hydrogens is 313 g/mol. The van der Waals surface area contributed by atoms with Crippen LogP contribution in [0.1, 0.15) is 33.6 Å². The number of nitro benzene ring substituents is 1. The molecule has 23 heavy (non-hydrogen) atoms. The average molecular weight is 321 g/mol.